The summed E-state index contributed by atoms with van der Waals surface area (Å²) in [5.41, 5.74) is 3.53. The van der Waals surface area contributed by atoms with Gasteiger partial charge in [0.2, 0.25) is 0 Å². The van der Waals surface area contributed by atoms with Gasteiger partial charge in [-0.1, -0.05) is 24.3 Å². The molecule has 1 aromatic heterocycles. The molecule has 1 aliphatic rings. The van der Waals surface area contributed by atoms with Crippen LogP contribution >= 0.6 is 0 Å². The lowest BCUT2D eigenvalue weighted by atomic mass is 10.00. The van der Waals surface area contributed by atoms with E-state index >= 15 is 0 Å². The summed E-state index contributed by atoms with van der Waals surface area (Å²) in [5, 5.41) is 2.95. The van der Waals surface area contributed by atoms with Gasteiger partial charge >= 0.3 is 0 Å². The Morgan fingerprint density at radius 2 is 2.05 bits per heavy atom. The standard InChI is InChI=1S/C18H21N3O/c22-18(16-7-3-9-19-13-16)20-10-4-11-21-12-8-15-5-1-2-6-17(15)14-21/h1-3,5-7,9,13H,4,8,10-12,14H2,(H,20,22). The van der Waals surface area contributed by atoms with E-state index in [4.69, 9.17) is 0 Å². The number of benzene rings is 1. The third-order valence-electron chi connectivity index (χ3n) is 4.07. The molecule has 1 aromatic carbocycles. The Labute approximate surface area is 131 Å². The molecule has 4 heteroatoms. The van der Waals surface area contributed by atoms with Gasteiger partial charge in [0, 0.05) is 38.6 Å². The SMILES string of the molecule is O=C(NCCCN1CCc2ccccc2C1)c1cccnc1. The van der Waals surface area contributed by atoms with Crippen molar-refractivity contribution in [1.82, 2.24) is 15.2 Å². The highest BCUT2D eigenvalue weighted by molar-refractivity contribution is 5.93. The summed E-state index contributed by atoms with van der Waals surface area (Å²) in [7, 11) is 0. The van der Waals surface area contributed by atoms with E-state index in [2.05, 4.69) is 39.5 Å². The van der Waals surface area contributed by atoms with Crippen LogP contribution in [0.4, 0.5) is 0 Å². The maximum absolute atomic E-state index is 11.9. The van der Waals surface area contributed by atoms with Crippen LogP contribution in [-0.4, -0.2) is 35.4 Å². The van der Waals surface area contributed by atoms with Crippen LogP contribution < -0.4 is 5.32 Å². The van der Waals surface area contributed by atoms with Crippen molar-refractivity contribution in [3.8, 4) is 0 Å². The predicted molar refractivity (Wildman–Crippen MR) is 86.6 cm³/mol. The molecule has 22 heavy (non-hydrogen) atoms. The fourth-order valence-electron chi connectivity index (χ4n) is 2.85. The molecule has 0 radical (unpaired) electrons. The molecule has 0 saturated heterocycles. The van der Waals surface area contributed by atoms with Crippen LogP contribution in [0.2, 0.25) is 0 Å². The Balaban J connectivity index is 1.40. The minimum absolute atomic E-state index is 0.0444. The molecule has 1 N–H and O–H groups in total. The van der Waals surface area contributed by atoms with Crippen molar-refractivity contribution in [1.29, 1.82) is 0 Å². The highest BCUT2D eigenvalue weighted by Gasteiger charge is 2.15. The largest absolute Gasteiger partial charge is 0.352 e. The van der Waals surface area contributed by atoms with Gasteiger partial charge in [-0.2, -0.15) is 0 Å². The minimum Gasteiger partial charge on any atom is -0.352 e. The average molecular weight is 295 g/mol. The quantitative estimate of drug-likeness (QED) is 0.861. The molecule has 0 fully saturated rings. The van der Waals surface area contributed by atoms with Crippen molar-refractivity contribution < 1.29 is 4.79 Å². The van der Waals surface area contributed by atoms with Crippen LogP contribution in [-0.2, 0) is 13.0 Å². The fraction of sp³-hybridized carbons (Fsp3) is 0.333. The van der Waals surface area contributed by atoms with Gasteiger partial charge in [-0.05, 0) is 36.1 Å². The maximum atomic E-state index is 11.9. The number of carbonyl (C=O) groups is 1. The summed E-state index contributed by atoms with van der Waals surface area (Å²) in [6, 6.07) is 12.2. The van der Waals surface area contributed by atoms with E-state index in [1.165, 1.54) is 11.1 Å². The first-order chi connectivity index (χ1) is 10.8. The number of amides is 1. The summed E-state index contributed by atoms with van der Waals surface area (Å²) >= 11 is 0. The van der Waals surface area contributed by atoms with Crippen LogP contribution in [0.1, 0.15) is 27.9 Å². The highest BCUT2D eigenvalue weighted by atomic mass is 16.1. The molecule has 0 spiro atoms. The molecule has 0 bridgehead atoms. The monoisotopic (exact) mass is 295 g/mol. The van der Waals surface area contributed by atoms with E-state index in [0.717, 1.165) is 32.5 Å². The number of pyridine rings is 1. The number of fused-ring (bicyclic) bond motifs is 1. The first-order valence-electron chi connectivity index (χ1n) is 7.80. The van der Waals surface area contributed by atoms with Crippen molar-refractivity contribution in [3.63, 3.8) is 0 Å². The number of rotatable bonds is 5. The zero-order valence-corrected chi connectivity index (χ0v) is 12.7. The van der Waals surface area contributed by atoms with E-state index < -0.39 is 0 Å². The lowest BCUT2D eigenvalue weighted by molar-refractivity contribution is 0.0951. The lowest BCUT2D eigenvalue weighted by Gasteiger charge is -2.28. The topological polar surface area (TPSA) is 45.2 Å². The van der Waals surface area contributed by atoms with E-state index in [1.807, 2.05) is 0 Å². The second kappa shape index (κ2) is 7.18. The Kier molecular flexibility index (Phi) is 4.81. The molecule has 1 amide bonds. The molecular weight excluding hydrogens is 274 g/mol. The normalized spacial score (nSPS) is 14.4. The van der Waals surface area contributed by atoms with Crippen molar-refractivity contribution in [3.05, 3.63) is 65.5 Å². The summed E-state index contributed by atoms with van der Waals surface area (Å²) < 4.78 is 0. The van der Waals surface area contributed by atoms with Gasteiger partial charge in [0.15, 0.2) is 0 Å². The van der Waals surface area contributed by atoms with E-state index in [0.29, 0.717) is 12.1 Å². The molecule has 0 unspecified atom stereocenters. The van der Waals surface area contributed by atoms with E-state index in [1.54, 1.807) is 24.5 Å². The number of carbonyl (C=O) groups excluding carboxylic acids is 1. The maximum Gasteiger partial charge on any atom is 0.252 e. The summed E-state index contributed by atoms with van der Waals surface area (Å²) in [4.78, 5) is 18.3. The second-order valence-corrected chi connectivity index (χ2v) is 5.65. The zero-order valence-electron chi connectivity index (χ0n) is 12.7. The smallest absolute Gasteiger partial charge is 0.252 e. The Morgan fingerprint density at radius 3 is 2.86 bits per heavy atom. The molecule has 3 rings (SSSR count). The van der Waals surface area contributed by atoms with Crippen molar-refractivity contribution in [2.24, 2.45) is 0 Å². The molecule has 0 aliphatic carbocycles. The van der Waals surface area contributed by atoms with Gasteiger partial charge in [-0.25, -0.2) is 0 Å². The van der Waals surface area contributed by atoms with Gasteiger partial charge < -0.3 is 5.32 Å². The van der Waals surface area contributed by atoms with Gasteiger partial charge in [-0.3, -0.25) is 14.7 Å². The Morgan fingerprint density at radius 1 is 1.18 bits per heavy atom. The third kappa shape index (κ3) is 3.71. The van der Waals surface area contributed by atoms with Crippen LogP contribution in [0, 0.1) is 0 Å². The van der Waals surface area contributed by atoms with Crippen molar-refractivity contribution in [2.45, 2.75) is 19.4 Å². The van der Waals surface area contributed by atoms with Gasteiger partial charge in [0.05, 0.1) is 5.56 Å². The number of hydrogen-bond donors (Lipinski definition) is 1. The predicted octanol–water partition coefficient (Wildman–Crippen LogP) is 2.26. The third-order valence-corrected chi connectivity index (χ3v) is 4.07. The fourth-order valence-corrected chi connectivity index (χ4v) is 2.85. The first kappa shape index (κ1) is 14.7. The summed E-state index contributed by atoms with van der Waals surface area (Å²) in [5.74, 6) is -0.0444. The molecule has 114 valence electrons. The van der Waals surface area contributed by atoms with Crippen LogP contribution in [0.5, 0.6) is 0 Å². The Bertz CT molecular complexity index is 627. The molecule has 2 heterocycles. The van der Waals surface area contributed by atoms with E-state index in [-0.39, 0.29) is 5.91 Å². The van der Waals surface area contributed by atoms with Gasteiger partial charge in [-0.15, -0.1) is 0 Å². The number of nitrogens with one attached hydrogen (secondary N) is 1. The number of hydrogen-bond acceptors (Lipinski definition) is 3. The second-order valence-electron chi connectivity index (χ2n) is 5.65. The summed E-state index contributed by atoms with van der Waals surface area (Å²) in [6.45, 7) is 3.84. The minimum atomic E-state index is -0.0444. The molecule has 0 saturated carbocycles. The highest BCUT2D eigenvalue weighted by Crippen LogP contribution is 2.18. The Hall–Kier alpha value is -2.20. The summed E-state index contributed by atoms with van der Waals surface area (Å²) in [6.07, 6.45) is 5.36. The molecule has 1 aliphatic heterocycles. The van der Waals surface area contributed by atoms with Crippen molar-refractivity contribution in [2.75, 3.05) is 19.6 Å². The van der Waals surface area contributed by atoms with Crippen LogP contribution in [0.15, 0.2) is 48.8 Å². The molecular formula is C18H21N3O. The van der Waals surface area contributed by atoms with Gasteiger partial charge in [0.25, 0.3) is 5.91 Å². The van der Waals surface area contributed by atoms with Crippen LogP contribution in [0.25, 0.3) is 0 Å². The molecule has 2 aromatic rings. The lowest BCUT2D eigenvalue weighted by Crippen LogP contribution is -2.33. The molecule has 0 atom stereocenters. The number of aromatic nitrogens is 1. The van der Waals surface area contributed by atoms with Crippen LogP contribution in [0.3, 0.4) is 0 Å². The first-order valence-corrected chi connectivity index (χ1v) is 7.80. The zero-order chi connectivity index (χ0) is 15.2. The van der Waals surface area contributed by atoms with Crippen molar-refractivity contribution >= 4 is 5.91 Å². The van der Waals surface area contributed by atoms with Gasteiger partial charge in [0.1, 0.15) is 0 Å². The molecule has 4 nitrogen and oxygen atoms in total. The van der Waals surface area contributed by atoms with E-state index in [9.17, 15) is 4.79 Å². The average Bonchev–Trinajstić information content (AvgIpc) is 2.59. The number of nitrogens with zero attached hydrogens (tertiary/aromatic N) is 2.